The molecule has 0 spiro atoms. The SMILES string of the molecule is CC(=O)N1CCCN(CC(=O)Nc2ccccc2C)CC1. The molecule has 0 unspecified atom stereocenters. The molecular weight excluding hydrogens is 266 g/mol. The Bertz CT molecular complexity index is 516. The first-order chi connectivity index (χ1) is 10.1. The van der Waals surface area contributed by atoms with Crippen LogP contribution < -0.4 is 5.32 Å². The molecule has 1 saturated heterocycles. The lowest BCUT2D eigenvalue weighted by Gasteiger charge is -2.20. The lowest BCUT2D eigenvalue weighted by molar-refractivity contribution is -0.128. The van der Waals surface area contributed by atoms with Gasteiger partial charge in [0.2, 0.25) is 11.8 Å². The summed E-state index contributed by atoms with van der Waals surface area (Å²) in [5.74, 6) is 0.113. The van der Waals surface area contributed by atoms with Gasteiger partial charge in [-0.2, -0.15) is 0 Å². The van der Waals surface area contributed by atoms with E-state index in [1.165, 1.54) is 0 Å². The fraction of sp³-hybridized carbons (Fsp3) is 0.500. The Balaban J connectivity index is 1.85. The lowest BCUT2D eigenvalue weighted by Crippen LogP contribution is -2.37. The summed E-state index contributed by atoms with van der Waals surface area (Å²) in [7, 11) is 0. The van der Waals surface area contributed by atoms with E-state index in [2.05, 4.69) is 10.2 Å². The number of carbonyl (C=O) groups is 2. The molecule has 2 amide bonds. The number of hydrogen-bond acceptors (Lipinski definition) is 3. The van der Waals surface area contributed by atoms with Gasteiger partial charge in [-0.25, -0.2) is 0 Å². The van der Waals surface area contributed by atoms with Crippen LogP contribution in [0.2, 0.25) is 0 Å². The van der Waals surface area contributed by atoms with Crippen molar-refractivity contribution < 1.29 is 9.59 Å². The van der Waals surface area contributed by atoms with Crippen molar-refractivity contribution in [3.8, 4) is 0 Å². The van der Waals surface area contributed by atoms with Crippen LogP contribution in [0.5, 0.6) is 0 Å². The van der Waals surface area contributed by atoms with Crippen LogP contribution in [0.1, 0.15) is 18.9 Å². The Morgan fingerprint density at radius 1 is 1.14 bits per heavy atom. The van der Waals surface area contributed by atoms with E-state index in [1.807, 2.05) is 36.1 Å². The van der Waals surface area contributed by atoms with Crippen LogP contribution in [0.25, 0.3) is 0 Å². The number of anilines is 1. The minimum Gasteiger partial charge on any atom is -0.342 e. The summed E-state index contributed by atoms with van der Waals surface area (Å²) in [6.45, 7) is 7.04. The van der Waals surface area contributed by atoms with Gasteiger partial charge in [-0.1, -0.05) is 18.2 Å². The average molecular weight is 289 g/mol. The zero-order chi connectivity index (χ0) is 15.2. The molecule has 5 heteroatoms. The highest BCUT2D eigenvalue weighted by atomic mass is 16.2. The summed E-state index contributed by atoms with van der Waals surface area (Å²) in [5.41, 5.74) is 1.92. The molecule has 114 valence electrons. The second-order valence-corrected chi connectivity index (χ2v) is 5.50. The van der Waals surface area contributed by atoms with Gasteiger partial charge in [-0.15, -0.1) is 0 Å². The number of benzene rings is 1. The number of rotatable bonds is 3. The Kier molecular flexibility index (Phi) is 5.33. The van der Waals surface area contributed by atoms with Crippen LogP contribution in [-0.2, 0) is 9.59 Å². The van der Waals surface area contributed by atoms with Gasteiger partial charge in [0.1, 0.15) is 0 Å². The number of aryl methyl sites for hydroxylation is 1. The van der Waals surface area contributed by atoms with Crippen LogP contribution in [0.4, 0.5) is 5.69 Å². The minimum absolute atomic E-state index is 0.000532. The van der Waals surface area contributed by atoms with E-state index < -0.39 is 0 Å². The minimum atomic E-state index is 0.000532. The van der Waals surface area contributed by atoms with Crippen molar-refractivity contribution in [1.82, 2.24) is 9.80 Å². The molecule has 0 bridgehead atoms. The summed E-state index contributed by atoms with van der Waals surface area (Å²) >= 11 is 0. The molecule has 0 aliphatic carbocycles. The normalized spacial score (nSPS) is 16.4. The van der Waals surface area contributed by atoms with Gasteiger partial charge in [0, 0.05) is 38.8 Å². The van der Waals surface area contributed by atoms with Gasteiger partial charge in [0.15, 0.2) is 0 Å². The number of nitrogens with zero attached hydrogens (tertiary/aromatic N) is 2. The van der Waals surface area contributed by atoms with Crippen LogP contribution in [0.3, 0.4) is 0 Å². The van der Waals surface area contributed by atoms with Crippen molar-refractivity contribution in [2.75, 3.05) is 38.0 Å². The standard InChI is InChI=1S/C16H23N3O2/c1-13-6-3-4-7-15(13)17-16(21)12-18-8-5-9-19(11-10-18)14(2)20/h3-4,6-7H,5,8-12H2,1-2H3,(H,17,21). The van der Waals surface area contributed by atoms with E-state index in [0.29, 0.717) is 13.1 Å². The topological polar surface area (TPSA) is 52.7 Å². The van der Waals surface area contributed by atoms with Gasteiger partial charge >= 0.3 is 0 Å². The molecule has 0 saturated carbocycles. The maximum absolute atomic E-state index is 12.1. The van der Waals surface area contributed by atoms with Gasteiger partial charge in [-0.3, -0.25) is 14.5 Å². The third-order valence-corrected chi connectivity index (χ3v) is 3.82. The molecule has 0 radical (unpaired) electrons. The highest BCUT2D eigenvalue weighted by molar-refractivity contribution is 5.92. The molecule has 0 atom stereocenters. The maximum atomic E-state index is 12.1. The zero-order valence-electron chi connectivity index (χ0n) is 12.8. The van der Waals surface area contributed by atoms with Crippen LogP contribution >= 0.6 is 0 Å². The number of hydrogen-bond donors (Lipinski definition) is 1. The van der Waals surface area contributed by atoms with E-state index in [0.717, 1.165) is 37.3 Å². The summed E-state index contributed by atoms with van der Waals surface area (Å²) in [6.07, 6.45) is 0.914. The molecule has 21 heavy (non-hydrogen) atoms. The molecule has 1 N–H and O–H groups in total. The van der Waals surface area contributed by atoms with Crippen molar-refractivity contribution in [1.29, 1.82) is 0 Å². The number of amides is 2. The number of carbonyl (C=O) groups excluding carboxylic acids is 2. The predicted molar refractivity (Wildman–Crippen MR) is 83.1 cm³/mol. The second kappa shape index (κ2) is 7.22. The van der Waals surface area contributed by atoms with Gasteiger partial charge in [0.05, 0.1) is 6.54 Å². The predicted octanol–water partition coefficient (Wildman–Crippen LogP) is 1.49. The molecular formula is C16H23N3O2. The quantitative estimate of drug-likeness (QED) is 0.917. The van der Waals surface area contributed by atoms with E-state index in [1.54, 1.807) is 6.92 Å². The van der Waals surface area contributed by atoms with Crippen molar-refractivity contribution in [2.24, 2.45) is 0 Å². The molecule has 1 heterocycles. The Labute approximate surface area is 125 Å². The van der Waals surface area contributed by atoms with Crippen LogP contribution in [0, 0.1) is 6.92 Å². The van der Waals surface area contributed by atoms with Gasteiger partial charge in [-0.05, 0) is 25.0 Å². The molecule has 2 rings (SSSR count). The average Bonchev–Trinajstić information content (AvgIpc) is 2.67. The van der Waals surface area contributed by atoms with Crippen LogP contribution in [0.15, 0.2) is 24.3 Å². The Morgan fingerprint density at radius 2 is 1.90 bits per heavy atom. The molecule has 1 aliphatic rings. The molecule has 0 aromatic heterocycles. The van der Waals surface area contributed by atoms with Crippen molar-refractivity contribution in [3.63, 3.8) is 0 Å². The fourth-order valence-corrected chi connectivity index (χ4v) is 2.55. The third kappa shape index (κ3) is 4.56. The first kappa shape index (κ1) is 15.5. The van der Waals surface area contributed by atoms with Gasteiger partial charge < -0.3 is 10.2 Å². The zero-order valence-corrected chi connectivity index (χ0v) is 12.8. The molecule has 1 aromatic rings. The van der Waals surface area contributed by atoms with Gasteiger partial charge in [0.25, 0.3) is 0 Å². The summed E-state index contributed by atoms with van der Waals surface area (Å²) in [4.78, 5) is 27.5. The van der Waals surface area contributed by atoms with Crippen molar-refractivity contribution >= 4 is 17.5 Å². The van der Waals surface area contributed by atoms with Crippen LogP contribution in [-0.4, -0.2) is 54.3 Å². The second-order valence-electron chi connectivity index (χ2n) is 5.50. The lowest BCUT2D eigenvalue weighted by atomic mass is 10.2. The largest absolute Gasteiger partial charge is 0.342 e. The monoisotopic (exact) mass is 289 g/mol. The first-order valence-electron chi connectivity index (χ1n) is 7.39. The molecule has 5 nitrogen and oxygen atoms in total. The summed E-state index contributed by atoms with van der Waals surface area (Å²) in [6, 6.07) is 7.76. The molecule has 1 aliphatic heterocycles. The van der Waals surface area contributed by atoms with E-state index in [4.69, 9.17) is 0 Å². The maximum Gasteiger partial charge on any atom is 0.238 e. The highest BCUT2D eigenvalue weighted by Gasteiger charge is 2.18. The first-order valence-corrected chi connectivity index (χ1v) is 7.39. The van der Waals surface area contributed by atoms with Crippen molar-refractivity contribution in [2.45, 2.75) is 20.3 Å². The number of nitrogens with one attached hydrogen (secondary N) is 1. The molecule has 1 fully saturated rings. The van der Waals surface area contributed by atoms with E-state index >= 15 is 0 Å². The van der Waals surface area contributed by atoms with E-state index in [9.17, 15) is 9.59 Å². The van der Waals surface area contributed by atoms with Crippen molar-refractivity contribution in [3.05, 3.63) is 29.8 Å². The Hall–Kier alpha value is -1.88. The fourth-order valence-electron chi connectivity index (χ4n) is 2.55. The summed E-state index contributed by atoms with van der Waals surface area (Å²) in [5, 5.41) is 2.95. The summed E-state index contributed by atoms with van der Waals surface area (Å²) < 4.78 is 0. The highest BCUT2D eigenvalue weighted by Crippen LogP contribution is 2.13. The smallest absolute Gasteiger partial charge is 0.238 e. The number of para-hydroxylation sites is 1. The third-order valence-electron chi connectivity index (χ3n) is 3.82. The Morgan fingerprint density at radius 3 is 2.62 bits per heavy atom. The van der Waals surface area contributed by atoms with E-state index in [-0.39, 0.29) is 11.8 Å². The molecule has 1 aromatic carbocycles.